The Morgan fingerprint density at radius 3 is 2.30 bits per heavy atom. The van der Waals surface area contributed by atoms with Gasteiger partial charge < -0.3 is 24.4 Å². The molecule has 0 unspecified atom stereocenters. The van der Waals surface area contributed by atoms with Gasteiger partial charge in [0, 0.05) is 30.8 Å². The van der Waals surface area contributed by atoms with Crippen molar-refractivity contribution in [3.05, 3.63) is 18.2 Å². The maximum Gasteiger partial charge on any atom is 0.410 e. The van der Waals surface area contributed by atoms with Gasteiger partial charge in [-0.1, -0.05) is 0 Å². The molecular weight excluding hydrogens is 384 g/mol. The molecule has 2 aliphatic rings. The quantitative estimate of drug-likeness (QED) is 0.756. The van der Waals surface area contributed by atoms with E-state index >= 15 is 0 Å². The van der Waals surface area contributed by atoms with Crippen molar-refractivity contribution in [1.29, 1.82) is 0 Å². The lowest BCUT2D eigenvalue weighted by Gasteiger charge is -2.33. The van der Waals surface area contributed by atoms with E-state index in [0.29, 0.717) is 43.1 Å². The Morgan fingerprint density at radius 1 is 1.03 bits per heavy atom. The van der Waals surface area contributed by atoms with Crippen LogP contribution in [0.4, 0.5) is 10.5 Å². The maximum absolute atomic E-state index is 12.8. The van der Waals surface area contributed by atoms with Gasteiger partial charge in [0.1, 0.15) is 5.60 Å². The lowest BCUT2D eigenvalue weighted by molar-refractivity contribution is -0.121. The second kappa shape index (κ2) is 9.58. The molecule has 1 saturated heterocycles. The third-order valence-electron chi connectivity index (χ3n) is 5.54. The Kier molecular flexibility index (Phi) is 7.10. The van der Waals surface area contributed by atoms with E-state index in [-0.39, 0.29) is 24.0 Å². The van der Waals surface area contributed by atoms with Crippen LogP contribution in [0, 0.1) is 5.92 Å². The fourth-order valence-electron chi connectivity index (χ4n) is 3.93. The van der Waals surface area contributed by atoms with Gasteiger partial charge in [-0.3, -0.25) is 4.79 Å². The van der Waals surface area contributed by atoms with Gasteiger partial charge in [-0.25, -0.2) is 4.79 Å². The minimum Gasteiger partial charge on any atom is -0.493 e. The molecule has 3 rings (SSSR count). The van der Waals surface area contributed by atoms with Crippen molar-refractivity contribution < 1.29 is 23.8 Å². The number of amides is 2. The van der Waals surface area contributed by atoms with Crippen LogP contribution in [-0.2, 0) is 9.53 Å². The van der Waals surface area contributed by atoms with E-state index in [9.17, 15) is 9.59 Å². The first-order chi connectivity index (χ1) is 14.2. The topological polar surface area (TPSA) is 77.1 Å². The van der Waals surface area contributed by atoms with Crippen molar-refractivity contribution >= 4 is 17.7 Å². The molecule has 1 aromatic carbocycles. The van der Waals surface area contributed by atoms with Crippen LogP contribution in [0.3, 0.4) is 0 Å². The summed E-state index contributed by atoms with van der Waals surface area (Å²) in [7, 11) is 1.62. The van der Waals surface area contributed by atoms with E-state index in [1.165, 1.54) is 12.8 Å². The fourth-order valence-corrected chi connectivity index (χ4v) is 3.93. The largest absolute Gasteiger partial charge is 0.493 e. The summed E-state index contributed by atoms with van der Waals surface area (Å²) < 4.78 is 16.9. The van der Waals surface area contributed by atoms with E-state index in [1.807, 2.05) is 39.0 Å². The lowest BCUT2D eigenvalue weighted by atomic mass is 9.96. The van der Waals surface area contributed by atoms with E-state index in [1.54, 1.807) is 12.0 Å². The van der Waals surface area contributed by atoms with Gasteiger partial charge in [0.05, 0.1) is 13.2 Å². The molecular formula is C23H34N2O5. The van der Waals surface area contributed by atoms with E-state index in [0.717, 1.165) is 12.8 Å². The summed E-state index contributed by atoms with van der Waals surface area (Å²) in [6, 6.07) is 5.49. The van der Waals surface area contributed by atoms with E-state index < -0.39 is 5.60 Å². The van der Waals surface area contributed by atoms with Crippen LogP contribution in [-0.4, -0.2) is 48.8 Å². The highest BCUT2D eigenvalue weighted by Gasteiger charge is 2.30. The first-order valence-electron chi connectivity index (χ1n) is 10.9. The number of rotatable bonds is 5. The summed E-state index contributed by atoms with van der Waals surface area (Å²) >= 11 is 0. The number of likely N-dealkylation sites (tertiary alicyclic amines) is 1. The fraction of sp³-hybridized carbons (Fsp3) is 0.652. The number of hydrogen-bond donors (Lipinski definition) is 1. The van der Waals surface area contributed by atoms with E-state index in [2.05, 4.69) is 5.32 Å². The number of methoxy groups -OCH3 is 1. The van der Waals surface area contributed by atoms with Crippen LogP contribution >= 0.6 is 0 Å². The van der Waals surface area contributed by atoms with Crippen LogP contribution in [0.15, 0.2) is 18.2 Å². The van der Waals surface area contributed by atoms with Gasteiger partial charge in [-0.15, -0.1) is 0 Å². The molecule has 0 spiro atoms. The van der Waals surface area contributed by atoms with Gasteiger partial charge in [0.2, 0.25) is 5.91 Å². The Labute approximate surface area is 179 Å². The number of nitrogens with one attached hydrogen (secondary N) is 1. The summed E-state index contributed by atoms with van der Waals surface area (Å²) in [6.07, 6.45) is 5.61. The Balaban J connectivity index is 1.55. The monoisotopic (exact) mass is 418 g/mol. The zero-order chi connectivity index (χ0) is 21.7. The van der Waals surface area contributed by atoms with Crippen molar-refractivity contribution in [1.82, 2.24) is 4.90 Å². The van der Waals surface area contributed by atoms with Crippen molar-refractivity contribution in [3.8, 4) is 11.5 Å². The second-order valence-electron chi connectivity index (χ2n) is 9.12. The molecule has 0 aromatic heterocycles. The molecule has 1 aromatic rings. The molecule has 0 bridgehead atoms. The van der Waals surface area contributed by atoms with E-state index in [4.69, 9.17) is 14.2 Å². The highest BCUT2D eigenvalue weighted by Crippen LogP contribution is 2.34. The number of nitrogens with zero attached hydrogens (tertiary/aromatic N) is 1. The SMILES string of the molecule is COc1ccc(NC(=O)C2CCN(C(=O)OC(C)(C)C)CC2)cc1OC1CCCC1. The molecule has 0 atom stereocenters. The average Bonchev–Trinajstić information content (AvgIpc) is 3.20. The number of ether oxygens (including phenoxy) is 3. The van der Waals surface area contributed by atoms with Gasteiger partial charge in [-0.05, 0) is 71.4 Å². The highest BCUT2D eigenvalue weighted by atomic mass is 16.6. The first kappa shape index (κ1) is 22.2. The van der Waals surface area contributed by atoms with Gasteiger partial charge in [-0.2, -0.15) is 0 Å². The number of carbonyl (C=O) groups excluding carboxylic acids is 2. The minimum atomic E-state index is -0.516. The predicted molar refractivity (Wildman–Crippen MR) is 115 cm³/mol. The summed E-state index contributed by atoms with van der Waals surface area (Å²) in [5, 5.41) is 3.00. The van der Waals surface area contributed by atoms with Crippen LogP contribution in [0.25, 0.3) is 0 Å². The molecule has 1 N–H and O–H groups in total. The normalized spacial score (nSPS) is 18.2. The highest BCUT2D eigenvalue weighted by molar-refractivity contribution is 5.93. The molecule has 0 radical (unpaired) electrons. The van der Waals surface area contributed by atoms with Crippen LogP contribution in [0.2, 0.25) is 0 Å². The standard InChI is InChI=1S/C23H34N2O5/c1-23(2,3)30-22(27)25-13-11-16(12-14-25)21(26)24-17-9-10-19(28-4)20(15-17)29-18-7-5-6-8-18/h9-10,15-16,18H,5-8,11-14H2,1-4H3,(H,24,26). The Bertz CT molecular complexity index is 744. The minimum absolute atomic E-state index is 0.0316. The molecule has 2 fully saturated rings. The number of piperidine rings is 1. The number of hydrogen-bond acceptors (Lipinski definition) is 5. The third kappa shape index (κ3) is 6.03. The predicted octanol–water partition coefficient (Wildman–Crippen LogP) is 4.60. The van der Waals surface area contributed by atoms with Crippen molar-refractivity contribution in [3.63, 3.8) is 0 Å². The lowest BCUT2D eigenvalue weighted by Crippen LogP contribution is -2.43. The molecule has 30 heavy (non-hydrogen) atoms. The average molecular weight is 419 g/mol. The van der Waals surface area contributed by atoms with Gasteiger partial charge in [0.15, 0.2) is 11.5 Å². The summed E-state index contributed by atoms with van der Waals surface area (Å²) in [6.45, 7) is 6.59. The molecule has 1 heterocycles. The first-order valence-corrected chi connectivity index (χ1v) is 10.9. The molecule has 166 valence electrons. The zero-order valence-electron chi connectivity index (χ0n) is 18.5. The number of benzene rings is 1. The number of carbonyl (C=O) groups is 2. The molecule has 1 aliphatic heterocycles. The zero-order valence-corrected chi connectivity index (χ0v) is 18.5. The smallest absolute Gasteiger partial charge is 0.410 e. The Hall–Kier alpha value is -2.44. The second-order valence-corrected chi connectivity index (χ2v) is 9.12. The molecule has 1 saturated carbocycles. The van der Waals surface area contributed by atoms with Crippen LogP contribution in [0.1, 0.15) is 59.3 Å². The van der Waals surface area contributed by atoms with Crippen molar-refractivity contribution in [2.24, 2.45) is 5.92 Å². The summed E-state index contributed by atoms with van der Waals surface area (Å²) in [5.41, 5.74) is 0.182. The summed E-state index contributed by atoms with van der Waals surface area (Å²) in [4.78, 5) is 26.6. The Morgan fingerprint density at radius 2 is 1.70 bits per heavy atom. The van der Waals surface area contributed by atoms with Crippen molar-refractivity contribution in [2.45, 2.75) is 71.0 Å². The number of anilines is 1. The van der Waals surface area contributed by atoms with Gasteiger partial charge >= 0.3 is 6.09 Å². The maximum atomic E-state index is 12.8. The molecule has 7 heteroatoms. The summed E-state index contributed by atoms with van der Waals surface area (Å²) in [5.74, 6) is 1.17. The van der Waals surface area contributed by atoms with Crippen LogP contribution < -0.4 is 14.8 Å². The van der Waals surface area contributed by atoms with Crippen LogP contribution in [0.5, 0.6) is 11.5 Å². The molecule has 1 aliphatic carbocycles. The third-order valence-corrected chi connectivity index (χ3v) is 5.54. The van der Waals surface area contributed by atoms with Crippen molar-refractivity contribution in [2.75, 3.05) is 25.5 Å². The molecule has 2 amide bonds. The molecule has 7 nitrogen and oxygen atoms in total. The van der Waals surface area contributed by atoms with Gasteiger partial charge in [0.25, 0.3) is 0 Å².